The Bertz CT molecular complexity index is 672. The van der Waals surface area contributed by atoms with Crippen molar-refractivity contribution in [1.29, 1.82) is 0 Å². The van der Waals surface area contributed by atoms with E-state index in [0.29, 0.717) is 37.8 Å². The van der Waals surface area contributed by atoms with Crippen molar-refractivity contribution in [1.82, 2.24) is 9.21 Å². The van der Waals surface area contributed by atoms with Crippen LogP contribution in [0.25, 0.3) is 0 Å². The number of anilines is 1. The summed E-state index contributed by atoms with van der Waals surface area (Å²) in [5.74, 6) is 0.343. The summed E-state index contributed by atoms with van der Waals surface area (Å²) < 4.78 is 35.8. The average Bonchev–Trinajstić information content (AvgIpc) is 2.60. The molecule has 0 bridgehead atoms. The first-order chi connectivity index (χ1) is 12.4. The second kappa shape index (κ2) is 9.86. The fourth-order valence-electron chi connectivity index (χ4n) is 2.60. The van der Waals surface area contributed by atoms with Gasteiger partial charge in [-0.15, -0.1) is 0 Å². The van der Waals surface area contributed by atoms with Crippen molar-refractivity contribution in [2.75, 3.05) is 64.1 Å². The van der Waals surface area contributed by atoms with Crippen LogP contribution >= 0.6 is 0 Å². The number of carbonyl (C=O) groups excluding carboxylic acids is 1. The number of rotatable bonds is 9. The van der Waals surface area contributed by atoms with E-state index in [1.54, 1.807) is 24.3 Å². The van der Waals surface area contributed by atoms with Crippen LogP contribution in [0.3, 0.4) is 0 Å². The number of nitrogens with zero attached hydrogens (tertiary/aromatic N) is 2. The Morgan fingerprint density at radius 3 is 2.50 bits per heavy atom. The zero-order valence-corrected chi connectivity index (χ0v) is 16.1. The number of nitrogens with one attached hydrogen (secondary N) is 1. The molecule has 1 saturated heterocycles. The molecule has 2 rings (SSSR count). The lowest BCUT2D eigenvalue weighted by Gasteiger charge is -2.29. The van der Waals surface area contributed by atoms with Gasteiger partial charge in [-0.05, 0) is 31.2 Å². The second-order valence-corrected chi connectivity index (χ2v) is 8.04. The second-order valence-electron chi connectivity index (χ2n) is 6.06. The van der Waals surface area contributed by atoms with E-state index in [1.807, 2.05) is 6.92 Å². The third-order valence-corrected chi connectivity index (χ3v) is 5.26. The molecule has 1 heterocycles. The minimum atomic E-state index is -3.47. The van der Waals surface area contributed by atoms with Crippen LogP contribution in [0.1, 0.15) is 6.92 Å². The van der Waals surface area contributed by atoms with Gasteiger partial charge >= 0.3 is 0 Å². The van der Waals surface area contributed by atoms with Crippen molar-refractivity contribution in [3.8, 4) is 5.75 Å². The van der Waals surface area contributed by atoms with Gasteiger partial charge in [-0.25, -0.2) is 8.42 Å². The van der Waals surface area contributed by atoms with Gasteiger partial charge in [0, 0.05) is 31.9 Å². The molecule has 26 heavy (non-hydrogen) atoms. The number of hydrogen-bond acceptors (Lipinski definition) is 6. The molecule has 1 N–H and O–H groups in total. The SMILES string of the molecule is CCOc1ccc(NC(=O)CN(CCN2CCOCC2)S(C)(=O)=O)cc1. The van der Waals surface area contributed by atoms with Crippen molar-refractivity contribution in [3.05, 3.63) is 24.3 Å². The quantitative estimate of drug-likeness (QED) is 0.670. The van der Waals surface area contributed by atoms with E-state index >= 15 is 0 Å². The van der Waals surface area contributed by atoms with E-state index in [0.717, 1.165) is 19.3 Å². The molecule has 1 aliphatic heterocycles. The molecule has 0 spiro atoms. The Balaban J connectivity index is 1.88. The van der Waals surface area contributed by atoms with Gasteiger partial charge in [-0.2, -0.15) is 4.31 Å². The van der Waals surface area contributed by atoms with Crippen molar-refractivity contribution in [2.24, 2.45) is 0 Å². The number of ether oxygens (including phenoxy) is 2. The maximum absolute atomic E-state index is 12.2. The molecule has 146 valence electrons. The van der Waals surface area contributed by atoms with Crippen molar-refractivity contribution < 1.29 is 22.7 Å². The summed E-state index contributed by atoms with van der Waals surface area (Å²) in [6, 6.07) is 6.96. The Labute approximate surface area is 155 Å². The molecule has 0 aliphatic carbocycles. The molecule has 0 radical (unpaired) electrons. The molecule has 1 aliphatic rings. The molecule has 1 aromatic carbocycles. The van der Waals surface area contributed by atoms with E-state index < -0.39 is 10.0 Å². The highest BCUT2D eigenvalue weighted by molar-refractivity contribution is 7.88. The molecule has 1 aromatic rings. The number of morpholine rings is 1. The lowest BCUT2D eigenvalue weighted by molar-refractivity contribution is -0.116. The summed E-state index contributed by atoms with van der Waals surface area (Å²) in [6.07, 6.45) is 1.12. The molecule has 0 aromatic heterocycles. The predicted molar refractivity (Wildman–Crippen MR) is 99.9 cm³/mol. The summed E-state index contributed by atoms with van der Waals surface area (Å²) in [4.78, 5) is 14.4. The first-order valence-corrected chi connectivity index (χ1v) is 10.5. The van der Waals surface area contributed by atoms with Crippen LogP contribution in [0.5, 0.6) is 5.75 Å². The molecular formula is C17H27N3O5S. The maximum Gasteiger partial charge on any atom is 0.239 e. The highest BCUT2D eigenvalue weighted by Gasteiger charge is 2.21. The third kappa shape index (κ3) is 6.91. The van der Waals surface area contributed by atoms with Crippen molar-refractivity contribution in [3.63, 3.8) is 0 Å². The third-order valence-electron chi connectivity index (χ3n) is 4.01. The van der Waals surface area contributed by atoms with Gasteiger partial charge in [-0.3, -0.25) is 9.69 Å². The van der Waals surface area contributed by atoms with Gasteiger partial charge < -0.3 is 14.8 Å². The van der Waals surface area contributed by atoms with E-state index in [4.69, 9.17) is 9.47 Å². The number of amides is 1. The summed E-state index contributed by atoms with van der Waals surface area (Å²) >= 11 is 0. The first-order valence-electron chi connectivity index (χ1n) is 8.66. The molecule has 0 atom stereocenters. The Kier molecular flexibility index (Phi) is 7.83. The number of hydrogen-bond donors (Lipinski definition) is 1. The van der Waals surface area contributed by atoms with Crippen LogP contribution in [0.4, 0.5) is 5.69 Å². The Morgan fingerprint density at radius 2 is 1.92 bits per heavy atom. The maximum atomic E-state index is 12.2. The molecule has 1 fully saturated rings. The predicted octanol–water partition coefficient (Wildman–Crippen LogP) is 0.618. The van der Waals surface area contributed by atoms with Gasteiger partial charge in [-0.1, -0.05) is 0 Å². The molecule has 9 heteroatoms. The number of benzene rings is 1. The Morgan fingerprint density at radius 1 is 1.27 bits per heavy atom. The summed E-state index contributed by atoms with van der Waals surface area (Å²) in [7, 11) is -3.47. The average molecular weight is 385 g/mol. The molecular weight excluding hydrogens is 358 g/mol. The molecule has 0 saturated carbocycles. The summed E-state index contributed by atoms with van der Waals surface area (Å²) in [5, 5.41) is 2.72. The van der Waals surface area contributed by atoms with Crippen molar-refractivity contribution in [2.45, 2.75) is 6.92 Å². The normalized spacial score (nSPS) is 15.8. The van der Waals surface area contributed by atoms with Crippen LogP contribution in [0, 0.1) is 0 Å². The number of sulfonamides is 1. The minimum absolute atomic E-state index is 0.212. The van der Waals surface area contributed by atoms with Crippen molar-refractivity contribution >= 4 is 21.6 Å². The van der Waals surface area contributed by atoms with E-state index in [9.17, 15) is 13.2 Å². The van der Waals surface area contributed by atoms with E-state index in [-0.39, 0.29) is 19.0 Å². The molecule has 8 nitrogen and oxygen atoms in total. The highest BCUT2D eigenvalue weighted by atomic mass is 32.2. The van der Waals surface area contributed by atoms with Crippen LogP contribution in [0.15, 0.2) is 24.3 Å². The van der Waals surface area contributed by atoms with E-state index in [2.05, 4.69) is 10.2 Å². The molecule has 1 amide bonds. The molecule has 0 unspecified atom stereocenters. The van der Waals surface area contributed by atoms with E-state index in [1.165, 1.54) is 4.31 Å². The van der Waals surface area contributed by atoms with Gasteiger partial charge in [0.2, 0.25) is 15.9 Å². The lowest BCUT2D eigenvalue weighted by Crippen LogP contribution is -2.45. The standard InChI is InChI=1S/C17H27N3O5S/c1-3-25-16-6-4-15(5-7-16)18-17(21)14-20(26(2,22)23)9-8-19-10-12-24-13-11-19/h4-7H,3,8-14H2,1-2H3,(H,18,21). The van der Waals surface area contributed by atoms with Crippen LogP contribution < -0.4 is 10.1 Å². The van der Waals surface area contributed by atoms with Crippen LogP contribution in [0.2, 0.25) is 0 Å². The summed E-state index contributed by atoms with van der Waals surface area (Å²) in [6.45, 7) is 5.95. The highest BCUT2D eigenvalue weighted by Crippen LogP contribution is 2.15. The van der Waals surface area contributed by atoms with Gasteiger partial charge in [0.1, 0.15) is 5.75 Å². The van der Waals surface area contributed by atoms with Crippen LogP contribution in [-0.2, 0) is 19.6 Å². The lowest BCUT2D eigenvalue weighted by atomic mass is 10.3. The minimum Gasteiger partial charge on any atom is -0.494 e. The monoisotopic (exact) mass is 385 g/mol. The zero-order chi connectivity index (χ0) is 19.0. The van der Waals surface area contributed by atoms with Gasteiger partial charge in [0.05, 0.1) is 32.6 Å². The fraction of sp³-hybridized carbons (Fsp3) is 0.588. The zero-order valence-electron chi connectivity index (χ0n) is 15.3. The van der Waals surface area contributed by atoms with Gasteiger partial charge in [0.25, 0.3) is 0 Å². The fourth-order valence-corrected chi connectivity index (χ4v) is 3.37. The van der Waals surface area contributed by atoms with Gasteiger partial charge in [0.15, 0.2) is 0 Å². The largest absolute Gasteiger partial charge is 0.494 e. The topological polar surface area (TPSA) is 88.2 Å². The summed E-state index contributed by atoms with van der Waals surface area (Å²) in [5.41, 5.74) is 0.597. The smallest absolute Gasteiger partial charge is 0.239 e. The number of carbonyl (C=O) groups is 1. The Hall–Kier alpha value is -1.68. The first kappa shape index (κ1) is 20.6. The van der Waals surface area contributed by atoms with Crippen LogP contribution in [-0.4, -0.2) is 82.3 Å².